The predicted octanol–water partition coefficient (Wildman–Crippen LogP) is 5.52. The zero-order chi connectivity index (χ0) is 25.0. The summed E-state index contributed by atoms with van der Waals surface area (Å²) in [5.74, 6) is 0.484. The molecule has 2 aromatic carbocycles. The quantitative estimate of drug-likeness (QED) is 0.402. The third-order valence-corrected chi connectivity index (χ3v) is 11.2. The highest BCUT2D eigenvalue weighted by Gasteiger charge is 2.44. The summed E-state index contributed by atoms with van der Waals surface area (Å²) in [7, 11) is -3.43. The van der Waals surface area contributed by atoms with Gasteiger partial charge in [0.2, 0.25) is 10.0 Å². The Morgan fingerprint density at radius 2 is 1.92 bits per heavy atom. The first-order chi connectivity index (χ1) is 17.3. The van der Waals surface area contributed by atoms with Gasteiger partial charge in [-0.3, -0.25) is 4.90 Å². The highest BCUT2D eigenvalue weighted by molar-refractivity contribution is 7.89. The average molecular weight is 529 g/mol. The van der Waals surface area contributed by atoms with Gasteiger partial charge in [-0.15, -0.1) is 6.58 Å². The van der Waals surface area contributed by atoms with E-state index in [1.165, 1.54) is 21.9 Å². The first-order valence-electron chi connectivity index (χ1n) is 13.3. The minimum absolute atomic E-state index is 0.105. The van der Waals surface area contributed by atoms with E-state index in [0.29, 0.717) is 37.0 Å². The third-order valence-electron chi connectivity index (χ3n) is 8.81. The van der Waals surface area contributed by atoms with E-state index in [1.807, 2.05) is 18.2 Å². The molecule has 3 unspecified atom stereocenters. The molecule has 2 aliphatic carbocycles. The monoisotopic (exact) mass is 528 g/mol. The summed E-state index contributed by atoms with van der Waals surface area (Å²) in [5.41, 5.74) is 4.18. The molecule has 192 valence electrons. The van der Waals surface area contributed by atoms with Gasteiger partial charge in [0, 0.05) is 36.0 Å². The van der Waals surface area contributed by atoms with Crippen LogP contribution in [0.15, 0.2) is 49.1 Å². The Bertz CT molecular complexity index is 1270. The van der Waals surface area contributed by atoms with Gasteiger partial charge in [0.1, 0.15) is 5.82 Å². The maximum absolute atomic E-state index is 15.4. The molecule has 0 spiro atoms. The molecule has 2 heterocycles. The van der Waals surface area contributed by atoms with Crippen LogP contribution in [0.1, 0.15) is 59.8 Å². The van der Waals surface area contributed by atoms with E-state index in [-0.39, 0.29) is 17.7 Å². The van der Waals surface area contributed by atoms with Crippen molar-refractivity contribution in [1.29, 1.82) is 0 Å². The Kier molecular flexibility index (Phi) is 6.52. The number of halogens is 2. The summed E-state index contributed by atoms with van der Waals surface area (Å²) in [4.78, 5) is 2.53. The van der Waals surface area contributed by atoms with Crippen molar-refractivity contribution in [1.82, 2.24) is 9.21 Å². The van der Waals surface area contributed by atoms with Crippen molar-refractivity contribution >= 4 is 21.6 Å². The molecule has 1 saturated carbocycles. The lowest BCUT2D eigenvalue weighted by molar-refractivity contribution is 0.106. The molecule has 0 amide bonds. The zero-order valence-electron chi connectivity index (χ0n) is 20.6. The van der Waals surface area contributed by atoms with Gasteiger partial charge in [0.15, 0.2) is 0 Å². The van der Waals surface area contributed by atoms with Crippen LogP contribution in [-0.4, -0.2) is 55.1 Å². The number of hydrogen-bond acceptors (Lipinski definition) is 3. The van der Waals surface area contributed by atoms with E-state index in [2.05, 4.69) is 23.6 Å². The first kappa shape index (κ1) is 24.6. The van der Waals surface area contributed by atoms with Gasteiger partial charge < -0.3 is 0 Å². The Hall–Kier alpha value is -1.73. The SMILES string of the molecule is C=CC(CC1CC1)S(=O)(=O)N1CC(c2cc3c(cc2F)CC(N2CCC2)C3Cc2cccc(Cl)c2)C1. The molecule has 4 aliphatic rings. The van der Waals surface area contributed by atoms with Crippen molar-refractivity contribution in [2.45, 2.75) is 61.7 Å². The van der Waals surface area contributed by atoms with Crippen molar-refractivity contribution in [3.8, 4) is 0 Å². The molecule has 0 N–H and O–H groups in total. The number of nitrogens with zero attached hydrogens (tertiary/aromatic N) is 2. The molecule has 2 aromatic rings. The molecule has 3 fully saturated rings. The lowest BCUT2D eigenvalue weighted by Crippen LogP contribution is -2.51. The summed E-state index contributed by atoms with van der Waals surface area (Å²) in [5, 5.41) is 0.205. The molecule has 2 aliphatic heterocycles. The summed E-state index contributed by atoms with van der Waals surface area (Å²) < 4.78 is 43.2. The Balaban J connectivity index is 1.23. The minimum Gasteiger partial charge on any atom is -0.299 e. The van der Waals surface area contributed by atoms with Crippen LogP contribution in [0, 0.1) is 11.7 Å². The number of rotatable bonds is 9. The van der Waals surface area contributed by atoms with Crippen LogP contribution < -0.4 is 0 Å². The number of hydrogen-bond donors (Lipinski definition) is 0. The van der Waals surface area contributed by atoms with Crippen molar-refractivity contribution in [3.63, 3.8) is 0 Å². The first-order valence-corrected chi connectivity index (χ1v) is 15.1. The molecule has 7 heteroatoms. The van der Waals surface area contributed by atoms with Crippen LogP contribution in [0.25, 0.3) is 0 Å². The maximum atomic E-state index is 15.4. The standard InChI is InChI=1S/C29H34ClFN2O2S/c1-2-24(12-19-7-8-19)36(34,35)33-17-22(18-33)26-16-25-21(14-28(26)31)15-29(32-9-4-10-32)27(25)13-20-5-3-6-23(30)11-20/h2-3,5-6,11,14,16,19,22,24,27,29H,1,4,7-10,12-13,15,17-18H2. The molecule has 36 heavy (non-hydrogen) atoms. The van der Waals surface area contributed by atoms with E-state index in [9.17, 15) is 8.42 Å². The normalized spacial score (nSPS) is 25.7. The Morgan fingerprint density at radius 1 is 1.14 bits per heavy atom. The Labute approximate surface area is 219 Å². The number of benzene rings is 2. The van der Waals surface area contributed by atoms with Gasteiger partial charge in [-0.1, -0.05) is 48.7 Å². The fraction of sp³-hybridized carbons (Fsp3) is 0.517. The Morgan fingerprint density at radius 3 is 2.56 bits per heavy atom. The van der Waals surface area contributed by atoms with Crippen LogP contribution in [0.2, 0.25) is 5.02 Å². The zero-order valence-corrected chi connectivity index (χ0v) is 22.2. The van der Waals surface area contributed by atoms with E-state index in [1.54, 1.807) is 12.1 Å². The highest BCUT2D eigenvalue weighted by Crippen LogP contribution is 2.44. The second-order valence-electron chi connectivity index (χ2n) is 11.2. The lowest BCUT2D eigenvalue weighted by Gasteiger charge is -2.40. The molecule has 0 radical (unpaired) electrons. The van der Waals surface area contributed by atoms with Crippen LogP contribution >= 0.6 is 11.6 Å². The maximum Gasteiger partial charge on any atom is 0.220 e. The van der Waals surface area contributed by atoms with Crippen LogP contribution in [0.4, 0.5) is 4.39 Å². The third kappa shape index (κ3) is 4.55. The van der Waals surface area contributed by atoms with Crippen LogP contribution in [0.3, 0.4) is 0 Å². The van der Waals surface area contributed by atoms with Crippen molar-refractivity contribution in [2.75, 3.05) is 26.2 Å². The van der Waals surface area contributed by atoms with E-state index < -0.39 is 15.3 Å². The van der Waals surface area contributed by atoms with Gasteiger partial charge in [-0.25, -0.2) is 17.1 Å². The van der Waals surface area contributed by atoms with Gasteiger partial charge in [0.05, 0.1) is 5.25 Å². The molecular formula is C29H34ClFN2O2S. The van der Waals surface area contributed by atoms with Gasteiger partial charge in [0.25, 0.3) is 0 Å². The summed E-state index contributed by atoms with van der Waals surface area (Å²) in [6, 6.07) is 12.2. The smallest absolute Gasteiger partial charge is 0.220 e. The van der Waals surface area contributed by atoms with Crippen LogP contribution in [0.5, 0.6) is 0 Å². The fourth-order valence-corrected chi connectivity index (χ4v) is 8.46. The van der Waals surface area contributed by atoms with Gasteiger partial charge in [-0.2, -0.15) is 0 Å². The highest BCUT2D eigenvalue weighted by atomic mass is 35.5. The topological polar surface area (TPSA) is 40.6 Å². The van der Waals surface area contributed by atoms with Crippen molar-refractivity contribution < 1.29 is 12.8 Å². The lowest BCUT2D eigenvalue weighted by atomic mass is 9.85. The fourth-order valence-electron chi connectivity index (χ4n) is 6.33. The number of sulfonamides is 1. The van der Waals surface area contributed by atoms with E-state index >= 15 is 4.39 Å². The second kappa shape index (κ2) is 9.54. The predicted molar refractivity (Wildman–Crippen MR) is 143 cm³/mol. The second-order valence-corrected chi connectivity index (χ2v) is 13.8. The number of likely N-dealkylation sites (tertiary alicyclic amines) is 1. The van der Waals surface area contributed by atoms with Gasteiger partial charge >= 0.3 is 0 Å². The average Bonchev–Trinajstić information content (AvgIpc) is 3.53. The molecule has 4 nitrogen and oxygen atoms in total. The molecule has 6 rings (SSSR count). The molecule has 3 atom stereocenters. The summed E-state index contributed by atoms with van der Waals surface area (Å²) in [6.45, 7) is 6.68. The largest absolute Gasteiger partial charge is 0.299 e. The van der Waals surface area contributed by atoms with E-state index in [0.717, 1.165) is 49.4 Å². The molecule has 0 bridgehead atoms. The van der Waals surface area contributed by atoms with E-state index in [4.69, 9.17) is 11.6 Å². The summed E-state index contributed by atoms with van der Waals surface area (Å²) in [6.07, 6.45) is 7.40. The van der Waals surface area contributed by atoms with Crippen LogP contribution in [-0.2, 0) is 22.9 Å². The molecule has 2 saturated heterocycles. The minimum atomic E-state index is -3.43. The van der Waals surface area contributed by atoms with Gasteiger partial charge in [-0.05, 0) is 85.1 Å². The molecular weight excluding hydrogens is 495 g/mol. The number of fused-ring (bicyclic) bond motifs is 1. The van der Waals surface area contributed by atoms with Crippen molar-refractivity contribution in [3.05, 3.63) is 82.1 Å². The van der Waals surface area contributed by atoms with Crippen molar-refractivity contribution in [2.24, 2.45) is 5.92 Å². The summed E-state index contributed by atoms with van der Waals surface area (Å²) >= 11 is 6.28. The molecule has 0 aromatic heterocycles.